The summed E-state index contributed by atoms with van der Waals surface area (Å²) < 4.78 is 0. The summed E-state index contributed by atoms with van der Waals surface area (Å²) in [5.74, 6) is 0. The second-order valence-corrected chi connectivity index (χ2v) is 4.58. The largest absolute Gasteiger partial charge is 0.396 e. The Balaban J connectivity index is 2.42. The number of nitrogens with one attached hydrogen (secondary N) is 1. The molecule has 0 saturated carbocycles. The monoisotopic (exact) mass is 254 g/mol. The van der Waals surface area contributed by atoms with Crippen LogP contribution in [0.25, 0.3) is 10.8 Å². The van der Waals surface area contributed by atoms with Crippen molar-refractivity contribution < 1.29 is 5.11 Å². The molecule has 0 heterocycles. The van der Waals surface area contributed by atoms with Crippen molar-refractivity contribution >= 4 is 16.5 Å². The lowest BCUT2D eigenvalue weighted by Gasteiger charge is -2.19. The maximum Gasteiger partial charge on any atom is 0.0998 e. The molecule has 0 spiro atoms. The first-order chi connectivity index (χ1) is 9.30. The predicted molar refractivity (Wildman–Crippen MR) is 78.1 cm³/mol. The second kappa shape index (κ2) is 6.21. The van der Waals surface area contributed by atoms with Crippen LogP contribution in [-0.2, 0) is 0 Å². The van der Waals surface area contributed by atoms with Gasteiger partial charge in [-0.3, -0.25) is 0 Å². The van der Waals surface area contributed by atoms with Crippen LogP contribution in [0.3, 0.4) is 0 Å². The molecule has 3 heteroatoms. The number of aliphatic hydroxyl groups is 1. The molecule has 2 aromatic carbocycles. The summed E-state index contributed by atoms with van der Waals surface area (Å²) in [6.45, 7) is 2.28. The van der Waals surface area contributed by atoms with Gasteiger partial charge in [-0.2, -0.15) is 5.26 Å². The Morgan fingerprint density at radius 2 is 1.95 bits per heavy atom. The van der Waals surface area contributed by atoms with E-state index >= 15 is 0 Å². The van der Waals surface area contributed by atoms with E-state index in [2.05, 4.69) is 18.3 Å². The number of nitriles is 1. The molecule has 0 aromatic heterocycles. The summed E-state index contributed by atoms with van der Waals surface area (Å²) in [6.07, 6.45) is 1.68. The third-order valence-electron chi connectivity index (χ3n) is 3.37. The first-order valence-electron chi connectivity index (χ1n) is 6.59. The Hall–Kier alpha value is -2.05. The van der Waals surface area contributed by atoms with Gasteiger partial charge in [0.2, 0.25) is 0 Å². The first-order valence-corrected chi connectivity index (χ1v) is 6.59. The molecule has 0 bridgehead atoms. The highest BCUT2D eigenvalue weighted by Crippen LogP contribution is 2.27. The zero-order chi connectivity index (χ0) is 13.7. The highest BCUT2D eigenvalue weighted by molar-refractivity contribution is 5.97. The number of fused-ring (bicyclic) bond motifs is 1. The fourth-order valence-electron chi connectivity index (χ4n) is 2.28. The van der Waals surface area contributed by atoms with E-state index in [9.17, 15) is 0 Å². The zero-order valence-corrected chi connectivity index (χ0v) is 11.1. The number of anilines is 1. The van der Waals surface area contributed by atoms with Crippen molar-refractivity contribution in [2.24, 2.45) is 0 Å². The van der Waals surface area contributed by atoms with Crippen molar-refractivity contribution in [2.45, 2.75) is 25.8 Å². The molecule has 0 aliphatic heterocycles. The van der Waals surface area contributed by atoms with Gasteiger partial charge in [0.15, 0.2) is 0 Å². The molecule has 3 nitrogen and oxygen atoms in total. The molecule has 0 saturated heterocycles. The third-order valence-corrected chi connectivity index (χ3v) is 3.37. The normalized spacial score (nSPS) is 12.1. The molecule has 2 aromatic rings. The molecule has 0 radical (unpaired) electrons. The summed E-state index contributed by atoms with van der Waals surface area (Å²) in [4.78, 5) is 0. The SMILES string of the molecule is CCC(CCO)Nc1ccc(C#N)c2ccccc12. The molecule has 2 N–H and O–H groups in total. The average Bonchev–Trinajstić information content (AvgIpc) is 2.47. The Bertz CT molecular complexity index is 601. The number of nitrogens with zero attached hydrogens (tertiary/aromatic N) is 1. The van der Waals surface area contributed by atoms with Gasteiger partial charge in [0.05, 0.1) is 11.6 Å². The summed E-state index contributed by atoms with van der Waals surface area (Å²) in [7, 11) is 0. The van der Waals surface area contributed by atoms with Gasteiger partial charge in [-0.05, 0) is 25.0 Å². The highest BCUT2D eigenvalue weighted by atomic mass is 16.3. The van der Waals surface area contributed by atoms with Gasteiger partial charge in [-0.25, -0.2) is 0 Å². The Labute approximate surface area is 113 Å². The predicted octanol–water partition coefficient (Wildman–Crippen LogP) is 3.28. The molecular weight excluding hydrogens is 236 g/mol. The van der Waals surface area contributed by atoms with E-state index in [0.717, 1.165) is 29.3 Å². The minimum atomic E-state index is 0.180. The number of aliphatic hydroxyl groups excluding tert-OH is 1. The number of benzene rings is 2. The van der Waals surface area contributed by atoms with E-state index in [1.807, 2.05) is 36.4 Å². The number of hydrogen-bond donors (Lipinski definition) is 2. The van der Waals surface area contributed by atoms with Crippen LogP contribution >= 0.6 is 0 Å². The van der Waals surface area contributed by atoms with Crippen LogP contribution in [0.4, 0.5) is 5.69 Å². The minimum Gasteiger partial charge on any atom is -0.396 e. The highest BCUT2D eigenvalue weighted by Gasteiger charge is 2.09. The Kier molecular flexibility index (Phi) is 4.38. The zero-order valence-electron chi connectivity index (χ0n) is 11.1. The molecule has 98 valence electrons. The van der Waals surface area contributed by atoms with E-state index in [1.54, 1.807) is 0 Å². The summed E-state index contributed by atoms with van der Waals surface area (Å²) >= 11 is 0. The van der Waals surface area contributed by atoms with Crippen LogP contribution in [0.15, 0.2) is 36.4 Å². The fourth-order valence-corrected chi connectivity index (χ4v) is 2.28. The molecular formula is C16H18N2O. The van der Waals surface area contributed by atoms with E-state index in [1.165, 1.54) is 0 Å². The molecule has 0 amide bonds. The van der Waals surface area contributed by atoms with Gasteiger partial charge in [0, 0.05) is 29.1 Å². The lowest BCUT2D eigenvalue weighted by Crippen LogP contribution is -2.19. The lowest BCUT2D eigenvalue weighted by molar-refractivity contribution is 0.278. The number of rotatable bonds is 5. The van der Waals surface area contributed by atoms with E-state index < -0.39 is 0 Å². The van der Waals surface area contributed by atoms with Crippen LogP contribution in [-0.4, -0.2) is 17.8 Å². The molecule has 1 unspecified atom stereocenters. The molecule has 0 fully saturated rings. The first kappa shape index (κ1) is 13.4. The van der Waals surface area contributed by atoms with Crippen molar-refractivity contribution in [3.63, 3.8) is 0 Å². The van der Waals surface area contributed by atoms with Crippen molar-refractivity contribution in [2.75, 3.05) is 11.9 Å². The lowest BCUT2D eigenvalue weighted by atomic mass is 10.0. The van der Waals surface area contributed by atoms with Crippen molar-refractivity contribution in [3.05, 3.63) is 42.0 Å². The van der Waals surface area contributed by atoms with Gasteiger partial charge in [0.25, 0.3) is 0 Å². The van der Waals surface area contributed by atoms with Crippen LogP contribution in [0.5, 0.6) is 0 Å². The van der Waals surface area contributed by atoms with Crippen molar-refractivity contribution in [3.8, 4) is 6.07 Å². The standard InChI is InChI=1S/C16H18N2O/c1-2-13(9-10-19)18-16-8-7-12(11-17)14-5-3-4-6-15(14)16/h3-8,13,18-19H,2,9-10H2,1H3. The summed E-state index contributed by atoms with van der Waals surface area (Å²) in [5.41, 5.74) is 1.71. The third kappa shape index (κ3) is 2.86. The topological polar surface area (TPSA) is 56.0 Å². The van der Waals surface area contributed by atoms with Crippen LogP contribution in [0.1, 0.15) is 25.3 Å². The van der Waals surface area contributed by atoms with Crippen LogP contribution in [0.2, 0.25) is 0 Å². The molecule has 1 atom stereocenters. The maximum atomic E-state index is 9.14. The molecule has 0 aliphatic rings. The van der Waals surface area contributed by atoms with E-state index in [0.29, 0.717) is 5.56 Å². The van der Waals surface area contributed by atoms with Crippen molar-refractivity contribution in [1.29, 1.82) is 5.26 Å². The van der Waals surface area contributed by atoms with Crippen LogP contribution < -0.4 is 5.32 Å². The maximum absolute atomic E-state index is 9.14. The molecule has 0 aliphatic carbocycles. The van der Waals surface area contributed by atoms with Gasteiger partial charge in [-0.1, -0.05) is 31.2 Å². The minimum absolute atomic E-state index is 0.180. The average molecular weight is 254 g/mol. The second-order valence-electron chi connectivity index (χ2n) is 4.58. The quantitative estimate of drug-likeness (QED) is 0.860. The van der Waals surface area contributed by atoms with E-state index in [-0.39, 0.29) is 12.6 Å². The Morgan fingerprint density at radius 3 is 2.58 bits per heavy atom. The number of hydrogen-bond acceptors (Lipinski definition) is 3. The molecule has 19 heavy (non-hydrogen) atoms. The summed E-state index contributed by atoms with van der Waals surface area (Å²) in [5, 5.41) is 23.7. The fraction of sp³-hybridized carbons (Fsp3) is 0.312. The van der Waals surface area contributed by atoms with Crippen molar-refractivity contribution in [1.82, 2.24) is 0 Å². The van der Waals surface area contributed by atoms with Gasteiger partial charge in [0.1, 0.15) is 0 Å². The van der Waals surface area contributed by atoms with Gasteiger partial charge in [-0.15, -0.1) is 0 Å². The van der Waals surface area contributed by atoms with Gasteiger partial charge < -0.3 is 10.4 Å². The van der Waals surface area contributed by atoms with E-state index in [4.69, 9.17) is 10.4 Å². The summed E-state index contributed by atoms with van der Waals surface area (Å²) in [6, 6.07) is 14.2. The molecule has 2 rings (SSSR count). The van der Waals surface area contributed by atoms with Crippen LogP contribution in [0, 0.1) is 11.3 Å². The smallest absolute Gasteiger partial charge is 0.0998 e. The Morgan fingerprint density at radius 1 is 1.21 bits per heavy atom. The van der Waals surface area contributed by atoms with Gasteiger partial charge >= 0.3 is 0 Å².